The number of benzene rings is 1. The number of ether oxygens (including phenoxy) is 1. The molecule has 0 aliphatic carbocycles. The molecule has 0 unspecified atom stereocenters. The molecule has 6 heteroatoms. The summed E-state index contributed by atoms with van der Waals surface area (Å²) in [4.78, 5) is 19.0. The Kier molecular flexibility index (Phi) is 5.20. The third-order valence-electron chi connectivity index (χ3n) is 4.08. The van der Waals surface area contributed by atoms with Gasteiger partial charge < -0.3 is 15.0 Å². The van der Waals surface area contributed by atoms with Crippen LogP contribution in [0, 0.1) is 0 Å². The molecule has 3 rings (SSSR count). The summed E-state index contributed by atoms with van der Waals surface area (Å²) >= 11 is 6.02. The van der Waals surface area contributed by atoms with Crippen LogP contribution in [0.4, 0.5) is 11.5 Å². The van der Waals surface area contributed by atoms with E-state index in [0.717, 1.165) is 24.3 Å². The molecule has 0 atom stereocenters. The summed E-state index contributed by atoms with van der Waals surface area (Å²) in [5.41, 5.74) is 1.72. The van der Waals surface area contributed by atoms with E-state index in [2.05, 4.69) is 15.2 Å². The Labute approximate surface area is 146 Å². The summed E-state index contributed by atoms with van der Waals surface area (Å²) in [6.45, 7) is 1.99. The SMILES string of the molecule is COc1ccc(Cl)cc1CC(=O)Nc1ncccc1N1CCCC1. The number of aromatic nitrogens is 1. The van der Waals surface area contributed by atoms with Crippen molar-refractivity contribution in [3.63, 3.8) is 0 Å². The zero-order valence-corrected chi connectivity index (χ0v) is 14.3. The van der Waals surface area contributed by atoms with E-state index in [0.29, 0.717) is 16.6 Å². The molecule has 5 nitrogen and oxygen atoms in total. The van der Waals surface area contributed by atoms with Crippen molar-refractivity contribution in [3.05, 3.63) is 47.1 Å². The monoisotopic (exact) mass is 345 g/mol. The largest absolute Gasteiger partial charge is 0.496 e. The second-order valence-electron chi connectivity index (χ2n) is 5.75. The van der Waals surface area contributed by atoms with Crippen LogP contribution < -0.4 is 15.0 Å². The van der Waals surface area contributed by atoms with Crippen molar-refractivity contribution in [3.8, 4) is 5.75 Å². The smallest absolute Gasteiger partial charge is 0.230 e. The molecule has 1 aromatic heterocycles. The lowest BCUT2D eigenvalue weighted by molar-refractivity contribution is -0.115. The average Bonchev–Trinajstić information content (AvgIpc) is 3.10. The molecule has 0 spiro atoms. The van der Waals surface area contributed by atoms with Crippen LogP contribution in [-0.2, 0) is 11.2 Å². The van der Waals surface area contributed by atoms with Gasteiger partial charge in [-0.05, 0) is 43.2 Å². The van der Waals surface area contributed by atoms with E-state index < -0.39 is 0 Å². The minimum atomic E-state index is -0.144. The number of carbonyl (C=O) groups is 1. The first kappa shape index (κ1) is 16.6. The topological polar surface area (TPSA) is 54.5 Å². The maximum absolute atomic E-state index is 12.5. The quantitative estimate of drug-likeness (QED) is 0.900. The van der Waals surface area contributed by atoms with Crippen molar-refractivity contribution in [2.45, 2.75) is 19.3 Å². The molecular weight excluding hydrogens is 326 g/mol. The molecule has 1 amide bonds. The van der Waals surface area contributed by atoms with Gasteiger partial charge in [0.1, 0.15) is 5.75 Å². The number of methoxy groups -OCH3 is 1. The summed E-state index contributed by atoms with van der Waals surface area (Å²) in [5.74, 6) is 1.11. The van der Waals surface area contributed by atoms with Gasteiger partial charge in [-0.1, -0.05) is 11.6 Å². The van der Waals surface area contributed by atoms with Crippen molar-refractivity contribution in [1.82, 2.24) is 4.98 Å². The number of hydrogen-bond donors (Lipinski definition) is 1. The van der Waals surface area contributed by atoms with Gasteiger partial charge in [-0.15, -0.1) is 0 Å². The fourth-order valence-corrected chi connectivity index (χ4v) is 3.14. The second kappa shape index (κ2) is 7.53. The lowest BCUT2D eigenvalue weighted by Crippen LogP contribution is -2.22. The molecule has 126 valence electrons. The Morgan fingerprint density at radius 2 is 2.12 bits per heavy atom. The molecule has 1 N–H and O–H groups in total. The molecule has 1 aliphatic rings. The Hall–Kier alpha value is -2.27. The van der Waals surface area contributed by atoms with Gasteiger partial charge in [0.05, 0.1) is 19.2 Å². The summed E-state index contributed by atoms with van der Waals surface area (Å²) in [7, 11) is 1.58. The van der Waals surface area contributed by atoms with Gasteiger partial charge in [-0.25, -0.2) is 4.98 Å². The zero-order chi connectivity index (χ0) is 16.9. The van der Waals surface area contributed by atoms with Crippen molar-refractivity contribution in [1.29, 1.82) is 0 Å². The van der Waals surface area contributed by atoms with Crippen LogP contribution in [-0.4, -0.2) is 31.1 Å². The highest BCUT2D eigenvalue weighted by Crippen LogP contribution is 2.27. The zero-order valence-electron chi connectivity index (χ0n) is 13.6. The van der Waals surface area contributed by atoms with Crippen molar-refractivity contribution < 1.29 is 9.53 Å². The normalized spacial score (nSPS) is 13.8. The summed E-state index contributed by atoms with van der Waals surface area (Å²) in [5, 5.41) is 3.49. The van der Waals surface area contributed by atoms with E-state index >= 15 is 0 Å². The number of amides is 1. The molecule has 0 bridgehead atoms. The summed E-state index contributed by atoms with van der Waals surface area (Å²) in [6, 6.07) is 9.14. The van der Waals surface area contributed by atoms with E-state index in [1.54, 1.807) is 31.5 Å². The standard InChI is InChI=1S/C18H20ClN3O2/c1-24-16-7-6-14(19)11-13(16)12-17(23)21-18-15(5-4-8-20-18)22-9-2-3-10-22/h4-8,11H,2-3,9-10,12H2,1H3,(H,20,21,23). The maximum atomic E-state index is 12.5. The lowest BCUT2D eigenvalue weighted by atomic mass is 10.1. The number of anilines is 2. The Balaban J connectivity index is 1.75. The molecule has 2 heterocycles. The number of nitrogens with one attached hydrogen (secondary N) is 1. The predicted octanol–water partition coefficient (Wildman–Crippen LogP) is 3.53. The molecule has 1 aromatic carbocycles. The third kappa shape index (κ3) is 3.79. The first-order chi connectivity index (χ1) is 11.7. The number of rotatable bonds is 5. The fraction of sp³-hybridized carbons (Fsp3) is 0.333. The highest BCUT2D eigenvalue weighted by molar-refractivity contribution is 6.30. The molecule has 0 radical (unpaired) electrons. The van der Waals surface area contributed by atoms with Gasteiger partial charge in [0.15, 0.2) is 5.82 Å². The van der Waals surface area contributed by atoms with Gasteiger partial charge in [-0.2, -0.15) is 0 Å². The molecular formula is C18H20ClN3O2. The van der Waals surface area contributed by atoms with Crippen molar-refractivity contribution in [2.24, 2.45) is 0 Å². The van der Waals surface area contributed by atoms with E-state index in [1.165, 1.54) is 12.8 Å². The number of pyridine rings is 1. The molecule has 24 heavy (non-hydrogen) atoms. The van der Waals surface area contributed by atoms with Crippen molar-refractivity contribution in [2.75, 3.05) is 30.4 Å². The second-order valence-corrected chi connectivity index (χ2v) is 6.18. The molecule has 2 aromatic rings. The van der Waals surface area contributed by atoms with E-state index in [-0.39, 0.29) is 12.3 Å². The predicted molar refractivity (Wildman–Crippen MR) is 96.0 cm³/mol. The van der Waals surface area contributed by atoms with Gasteiger partial charge in [0.2, 0.25) is 5.91 Å². The molecule has 0 saturated carbocycles. The van der Waals surface area contributed by atoms with Gasteiger partial charge in [-0.3, -0.25) is 4.79 Å². The van der Waals surface area contributed by atoms with Crippen LogP contribution >= 0.6 is 11.6 Å². The van der Waals surface area contributed by atoms with Crippen LogP contribution in [0.25, 0.3) is 0 Å². The van der Waals surface area contributed by atoms with Crippen LogP contribution in [0.15, 0.2) is 36.5 Å². The van der Waals surface area contributed by atoms with Crippen LogP contribution in [0.1, 0.15) is 18.4 Å². The maximum Gasteiger partial charge on any atom is 0.230 e. The van der Waals surface area contributed by atoms with Gasteiger partial charge >= 0.3 is 0 Å². The minimum absolute atomic E-state index is 0.144. The third-order valence-corrected chi connectivity index (χ3v) is 4.32. The highest BCUT2D eigenvalue weighted by atomic mass is 35.5. The average molecular weight is 346 g/mol. The highest BCUT2D eigenvalue weighted by Gasteiger charge is 2.18. The fourth-order valence-electron chi connectivity index (χ4n) is 2.94. The molecule has 1 fully saturated rings. The van der Waals surface area contributed by atoms with Gasteiger partial charge in [0.25, 0.3) is 0 Å². The summed E-state index contributed by atoms with van der Waals surface area (Å²) < 4.78 is 5.29. The van der Waals surface area contributed by atoms with Crippen LogP contribution in [0.2, 0.25) is 5.02 Å². The Morgan fingerprint density at radius 3 is 2.88 bits per heavy atom. The minimum Gasteiger partial charge on any atom is -0.496 e. The Morgan fingerprint density at radius 1 is 1.33 bits per heavy atom. The van der Waals surface area contributed by atoms with Crippen LogP contribution in [0.3, 0.4) is 0 Å². The van der Waals surface area contributed by atoms with E-state index in [1.807, 2.05) is 12.1 Å². The number of carbonyl (C=O) groups excluding carboxylic acids is 1. The Bertz CT molecular complexity index is 730. The first-order valence-electron chi connectivity index (χ1n) is 7.99. The van der Waals surface area contributed by atoms with E-state index in [9.17, 15) is 4.79 Å². The molecule has 1 saturated heterocycles. The summed E-state index contributed by atoms with van der Waals surface area (Å²) in [6.07, 6.45) is 4.21. The molecule has 1 aliphatic heterocycles. The van der Waals surface area contributed by atoms with Gasteiger partial charge in [0, 0.05) is 29.9 Å². The first-order valence-corrected chi connectivity index (χ1v) is 8.37. The van der Waals surface area contributed by atoms with Crippen LogP contribution in [0.5, 0.6) is 5.75 Å². The number of hydrogen-bond acceptors (Lipinski definition) is 4. The van der Waals surface area contributed by atoms with E-state index in [4.69, 9.17) is 16.3 Å². The lowest BCUT2D eigenvalue weighted by Gasteiger charge is -2.20. The number of halogens is 1. The van der Waals surface area contributed by atoms with Crippen molar-refractivity contribution >= 4 is 29.0 Å². The number of nitrogens with zero attached hydrogens (tertiary/aromatic N) is 2.